The number of benzene rings is 1. The van der Waals surface area contributed by atoms with Crippen LogP contribution in [-0.2, 0) is 4.79 Å². The fourth-order valence-electron chi connectivity index (χ4n) is 1.21. The molecule has 0 heterocycles. The van der Waals surface area contributed by atoms with Gasteiger partial charge >= 0.3 is 6.09 Å². The lowest BCUT2D eigenvalue weighted by molar-refractivity contribution is -0.115. The normalized spacial score (nSPS) is 9.56. The van der Waals surface area contributed by atoms with Crippen molar-refractivity contribution in [3.8, 4) is 11.5 Å². The monoisotopic (exact) mass is 272 g/mol. The van der Waals surface area contributed by atoms with Crippen LogP contribution < -0.4 is 19.2 Å². The van der Waals surface area contributed by atoms with E-state index < -0.39 is 6.09 Å². The van der Waals surface area contributed by atoms with E-state index in [1.807, 2.05) is 0 Å². The molecule has 1 aromatic rings. The first-order valence-corrected chi connectivity index (χ1v) is 5.37. The van der Waals surface area contributed by atoms with Crippen molar-refractivity contribution >= 4 is 29.5 Å². The summed E-state index contributed by atoms with van der Waals surface area (Å²) in [5, 5.41) is 2.31. The van der Waals surface area contributed by atoms with E-state index in [9.17, 15) is 9.59 Å². The van der Waals surface area contributed by atoms with E-state index in [4.69, 9.17) is 21.3 Å². The molecule has 18 heavy (non-hydrogen) atoms. The first-order chi connectivity index (χ1) is 8.49. The Morgan fingerprint density at radius 3 is 2.56 bits per heavy atom. The third-order valence-electron chi connectivity index (χ3n) is 2.05. The molecule has 0 aliphatic heterocycles. The maximum Gasteiger partial charge on any atom is 0.412 e. The number of carbonyl (C=O) groups excluding carboxylic acids is 2. The second kappa shape index (κ2) is 6.11. The van der Waals surface area contributed by atoms with E-state index in [-0.39, 0.29) is 11.7 Å². The highest BCUT2D eigenvalue weighted by atomic mass is 35.5. The molecule has 0 radical (unpaired) electrons. The van der Waals surface area contributed by atoms with Crippen molar-refractivity contribution in [3.05, 3.63) is 18.2 Å². The molecule has 0 unspecified atom stereocenters. The van der Waals surface area contributed by atoms with Crippen LogP contribution in [-0.4, -0.2) is 26.2 Å². The van der Waals surface area contributed by atoms with Gasteiger partial charge in [-0.1, -0.05) is 0 Å². The van der Waals surface area contributed by atoms with Gasteiger partial charge in [0, 0.05) is 31.8 Å². The molecule has 0 saturated carbocycles. The minimum Gasteiger partial charge on any atom is -0.494 e. The van der Waals surface area contributed by atoms with Gasteiger partial charge in [-0.05, 0) is 12.1 Å². The van der Waals surface area contributed by atoms with Crippen LogP contribution in [0.25, 0.3) is 0 Å². The van der Waals surface area contributed by atoms with Crippen LogP contribution in [0.5, 0.6) is 11.5 Å². The van der Waals surface area contributed by atoms with Crippen molar-refractivity contribution in [2.75, 3.05) is 18.6 Å². The standard InChI is InChI=1S/C11H13ClN2O4/c1-7(15)14(12)9-5-4-8(6-10(9)17-3)18-11(16)13-2/h4-6H,1-3H3,(H,13,16). The molecule has 0 atom stereocenters. The predicted molar refractivity (Wildman–Crippen MR) is 67.1 cm³/mol. The zero-order valence-corrected chi connectivity index (χ0v) is 10.9. The number of nitrogens with one attached hydrogen (secondary N) is 1. The summed E-state index contributed by atoms with van der Waals surface area (Å²) in [6.07, 6.45) is -0.598. The molecule has 0 bridgehead atoms. The number of carbonyl (C=O) groups is 2. The van der Waals surface area contributed by atoms with Gasteiger partial charge in [0.1, 0.15) is 17.2 Å². The minimum absolute atomic E-state index is 0.281. The SMILES string of the molecule is CNC(=O)Oc1ccc(N(Cl)C(C)=O)c(OC)c1. The Morgan fingerprint density at radius 1 is 1.39 bits per heavy atom. The number of anilines is 1. The molecule has 2 amide bonds. The second-order valence-electron chi connectivity index (χ2n) is 3.27. The number of methoxy groups -OCH3 is 1. The summed E-state index contributed by atoms with van der Waals surface area (Å²) in [5.41, 5.74) is 0.371. The van der Waals surface area contributed by atoms with Crippen LogP contribution >= 0.6 is 11.8 Å². The van der Waals surface area contributed by atoms with Crippen LogP contribution in [0.3, 0.4) is 0 Å². The smallest absolute Gasteiger partial charge is 0.412 e. The molecular weight excluding hydrogens is 260 g/mol. The van der Waals surface area contributed by atoms with Crippen molar-refractivity contribution in [1.29, 1.82) is 0 Å². The average Bonchev–Trinajstić information content (AvgIpc) is 2.37. The summed E-state index contributed by atoms with van der Waals surface area (Å²) in [6.45, 7) is 1.32. The van der Waals surface area contributed by atoms with Gasteiger partial charge in [0.15, 0.2) is 0 Å². The Morgan fingerprint density at radius 2 is 2.06 bits per heavy atom. The maximum atomic E-state index is 11.2. The van der Waals surface area contributed by atoms with E-state index in [1.54, 1.807) is 0 Å². The fourth-order valence-corrected chi connectivity index (χ4v) is 1.35. The van der Waals surface area contributed by atoms with E-state index >= 15 is 0 Å². The largest absolute Gasteiger partial charge is 0.494 e. The van der Waals surface area contributed by atoms with Crippen molar-refractivity contribution in [2.24, 2.45) is 0 Å². The number of ether oxygens (including phenoxy) is 2. The molecule has 0 aliphatic carbocycles. The average molecular weight is 273 g/mol. The summed E-state index contributed by atoms with van der Waals surface area (Å²) in [6, 6.07) is 4.49. The van der Waals surface area contributed by atoms with Crippen LogP contribution in [0.4, 0.5) is 10.5 Å². The zero-order valence-electron chi connectivity index (χ0n) is 10.2. The third-order valence-corrected chi connectivity index (χ3v) is 2.47. The highest BCUT2D eigenvalue weighted by Crippen LogP contribution is 2.33. The van der Waals surface area contributed by atoms with E-state index in [2.05, 4.69) is 5.32 Å². The van der Waals surface area contributed by atoms with E-state index in [1.165, 1.54) is 39.3 Å². The minimum atomic E-state index is -0.598. The number of hydrogen-bond donors (Lipinski definition) is 1. The highest BCUT2D eigenvalue weighted by molar-refractivity contribution is 6.36. The molecule has 6 nitrogen and oxygen atoms in total. The summed E-state index contributed by atoms with van der Waals surface area (Å²) in [4.78, 5) is 22.2. The van der Waals surface area contributed by atoms with E-state index in [0.717, 1.165) is 4.42 Å². The number of halogens is 1. The van der Waals surface area contributed by atoms with E-state index in [0.29, 0.717) is 11.4 Å². The molecule has 0 fully saturated rings. The van der Waals surface area contributed by atoms with Gasteiger partial charge in [-0.25, -0.2) is 9.21 Å². The predicted octanol–water partition coefficient (Wildman–Crippen LogP) is 1.92. The van der Waals surface area contributed by atoms with Gasteiger partial charge < -0.3 is 14.8 Å². The summed E-state index contributed by atoms with van der Waals surface area (Å²) in [7, 11) is 2.87. The van der Waals surface area contributed by atoms with Gasteiger partial charge in [0.25, 0.3) is 0 Å². The molecule has 7 heteroatoms. The second-order valence-corrected chi connectivity index (χ2v) is 3.61. The fraction of sp³-hybridized carbons (Fsp3) is 0.273. The van der Waals surface area contributed by atoms with Gasteiger partial charge in [0.2, 0.25) is 5.91 Å². The lowest BCUT2D eigenvalue weighted by Crippen LogP contribution is -2.22. The summed E-state index contributed by atoms with van der Waals surface area (Å²) >= 11 is 5.79. The highest BCUT2D eigenvalue weighted by Gasteiger charge is 2.15. The first-order valence-electron chi connectivity index (χ1n) is 5.03. The van der Waals surface area contributed by atoms with Gasteiger partial charge in [-0.15, -0.1) is 0 Å². The third kappa shape index (κ3) is 3.27. The van der Waals surface area contributed by atoms with Crippen LogP contribution in [0, 0.1) is 0 Å². The molecule has 1 N–H and O–H groups in total. The number of nitrogens with zero attached hydrogens (tertiary/aromatic N) is 1. The summed E-state index contributed by atoms with van der Waals surface area (Å²) < 4.78 is 10.9. The van der Waals surface area contributed by atoms with Gasteiger partial charge in [-0.3, -0.25) is 4.79 Å². The number of hydrogen-bond acceptors (Lipinski definition) is 4. The number of amides is 2. The van der Waals surface area contributed by atoms with Gasteiger partial charge in [-0.2, -0.15) is 0 Å². The molecule has 1 aromatic carbocycles. The molecule has 0 saturated heterocycles. The Labute approximate surface area is 110 Å². The molecule has 0 spiro atoms. The van der Waals surface area contributed by atoms with Crippen LogP contribution in [0.15, 0.2) is 18.2 Å². The molecule has 98 valence electrons. The van der Waals surface area contributed by atoms with Crippen molar-refractivity contribution in [2.45, 2.75) is 6.92 Å². The zero-order chi connectivity index (χ0) is 13.7. The van der Waals surface area contributed by atoms with Gasteiger partial charge in [0.05, 0.1) is 7.11 Å². The Hall–Kier alpha value is -1.95. The Bertz CT molecular complexity index is 464. The molecular formula is C11H13ClN2O4. The number of rotatable bonds is 3. The van der Waals surface area contributed by atoms with Crippen molar-refractivity contribution in [3.63, 3.8) is 0 Å². The maximum absolute atomic E-state index is 11.2. The quantitative estimate of drug-likeness (QED) is 0.854. The first kappa shape index (κ1) is 14.1. The van der Waals surface area contributed by atoms with Crippen LogP contribution in [0.2, 0.25) is 0 Å². The topological polar surface area (TPSA) is 67.9 Å². The molecule has 0 aromatic heterocycles. The molecule has 0 aliphatic rings. The lowest BCUT2D eigenvalue weighted by Gasteiger charge is -2.16. The van der Waals surface area contributed by atoms with Crippen molar-refractivity contribution in [1.82, 2.24) is 5.32 Å². The lowest BCUT2D eigenvalue weighted by atomic mass is 10.2. The Kier molecular flexibility index (Phi) is 4.79. The van der Waals surface area contributed by atoms with Crippen molar-refractivity contribution < 1.29 is 19.1 Å². The Balaban J connectivity index is 3.03. The summed E-state index contributed by atoms with van der Waals surface area (Å²) in [5.74, 6) is 0.250. The molecule has 1 rings (SSSR count). The van der Waals surface area contributed by atoms with Crippen LogP contribution in [0.1, 0.15) is 6.92 Å².